The number of hydrogen-bond acceptors (Lipinski definition) is 6. The van der Waals surface area contributed by atoms with E-state index in [1.54, 1.807) is 23.7 Å². The van der Waals surface area contributed by atoms with E-state index >= 15 is 0 Å². The topological polar surface area (TPSA) is 51.1 Å². The Morgan fingerprint density at radius 1 is 0.724 bits per heavy atom. The summed E-state index contributed by atoms with van der Waals surface area (Å²) in [7, 11) is 0. The van der Waals surface area contributed by atoms with Gasteiger partial charge in [-0.3, -0.25) is 0 Å². The second-order valence-corrected chi connectivity index (χ2v) is 7.60. The number of fused-ring (bicyclic) bond motifs is 3. The summed E-state index contributed by atoms with van der Waals surface area (Å²) < 4.78 is 6.09. The highest BCUT2D eigenvalue weighted by atomic mass is 32.1. The molecule has 3 aromatic carbocycles. The molecular formula is C23H14N4OS. The Hall–Kier alpha value is -3.77. The van der Waals surface area contributed by atoms with Crippen LogP contribution in [0.3, 0.4) is 0 Å². The molecule has 0 fully saturated rings. The van der Waals surface area contributed by atoms with Crippen LogP contribution in [-0.4, -0.2) is 15.0 Å². The average molecular weight is 394 g/mol. The molecule has 2 aromatic heterocycles. The Morgan fingerprint density at radius 2 is 1.38 bits per heavy atom. The number of nitrogens with zero attached hydrogens (tertiary/aromatic N) is 4. The minimum absolute atomic E-state index is 0.688. The maximum absolute atomic E-state index is 6.09. The molecule has 0 saturated carbocycles. The monoisotopic (exact) mass is 394 g/mol. The molecule has 29 heavy (non-hydrogen) atoms. The van der Waals surface area contributed by atoms with Crippen LogP contribution in [-0.2, 0) is 0 Å². The molecule has 6 rings (SSSR count). The van der Waals surface area contributed by atoms with E-state index in [9.17, 15) is 0 Å². The van der Waals surface area contributed by atoms with Gasteiger partial charge in [-0.1, -0.05) is 35.6 Å². The minimum Gasteiger partial charge on any atom is -0.453 e. The van der Waals surface area contributed by atoms with Gasteiger partial charge in [-0.05, 0) is 48.5 Å². The summed E-state index contributed by atoms with van der Waals surface area (Å²) in [5.41, 5.74) is 4.84. The molecule has 0 aliphatic carbocycles. The third-order valence-corrected chi connectivity index (χ3v) is 5.85. The summed E-state index contributed by atoms with van der Waals surface area (Å²) in [6, 6.07) is 24.6. The van der Waals surface area contributed by atoms with Gasteiger partial charge in [0.25, 0.3) is 0 Å². The maximum Gasteiger partial charge on any atom is 0.190 e. The molecule has 5 aromatic rings. The third-order valence-electron chi connectivity index (χ3n) is 4.85. The van der Waals surface area contributed by atoms with Gasteiger partial charge < -0.3 is 9.64 Å². The second kappa shape index (κ2) is 6.39. The number of hydrogen-bond donors (Lipinski definition) is 0. The lowest BCUT2D eigenvalue weighted by molar-refractivity contribution is 0.477. The van der Waals surface area contributed by atoms with Crippen molar-refractivity contribution in [1.29, 1.82) is 0 Å². The average Bonchev–Trinajstić information content (AvgIpc) is 3.22. The smallest absolute Gasteiger partial charge is 0.190 e. The van der Waals surface area contributed by atoms with Crippen LogP contribution < -0.4 is 9.64 Å². The molecule has 1 aliphatic rings. The van der Waals surface area contributed by atoms with Crippen LogP contribution in [0.25, 0.3) is 21.0 Å². The maximum atomic E-state index is 6.09. The molecule has 1 aliphatic heterocycles. The summed E-state index contributed by atoms with van der Waals surface area (Å²) in [4.78, 5) is 16.3. The van der Waals surface area contributed by atoms with Gasteiger partial charge in [0.05, 0.1) is 11.4 Å². The van der Waals surface area contributed by atoms with Crippen molar-refractivity contribution >= 4 is 38.9 Å². The Morgan fingerprint density at radius 3 is 2.07 bits per heavy atom. The predicted octanol–water partition coefficient (Wildman–Crippen LogP) is 6.33. The zero-order chi connectivity index (χ0) is 19.2. The number of benzene rings is 3. The fraction of sp³-hybridized carbons (Fsp3) is 0. The van der Waals surface area contributed by atoms with Gasteiger partial charge in [0.1, 0.15) is 5.01 Å². The van der Waals surface area contributed by atoms with Gasteiger partial charge >= 0.3 is 0 Å². The molecule has 0 N–H and O–H groups in total. The summed E-state index contributed by atoms with van der Waals surface area (Å²) in [6.45, 7) is 0. The van der Waals surface area contributed by atoms with Crippen LogP contribution in [0.15, 0.2) is 85.2 Å². The van der Waals surface area contributed by atoms with Crippen molar-refractivity contribution in [1.82, 2.24) is 15.0 Å². The summed E-state index contributed by atoms with van der Waals surface area (Å²) in [5.74, 6) is 1.69. The Balaban J connectivity index is 1.44. The van der Waals surface area contributed by atoms with Crippen LogP contribution in [0.5, 0.6) is 11.5 Å². The largest absolute Gasteiger partial charge is 0.453 e. The molecule has 0 bridgehead atoms. The Kier molecular flexibility index (Phi) is 3.57. The fourth-order valence-electron chi connectivity index (χ4n) is 3.54. The lowest BCUT2D eigenvalue weighted by atomic mass is 10.1. The van der Waals surface area contributed by atoms with Crippen molar-refractivity contribution in [2.24, 2.45) is 0 Å². The normalized spacial score (nSPS) is 12.3. The van der Waals surface area contributed by atoms with Crippen molar-refractivity contribution in [3.63, 3.8) is 0 Å². The molecule has 0 unspecified atom stereocenters. The molecular weight excluding hydrogens is 380 g/mol. The molecule has 0 atom stereocenters. The molecule has 5 nitrogen and oxygen atoms in total. The van der Waals surface area contributed by atoms with Crippen LogP contribution in [0.1, 0.15) is 0 Å². The third kappa shape index (κ3) is 2.65. The summed E-state index contributed by atoms with van der Waals surface area (Å²) in [5, 5.41) is 0.917. The first-order valence-corrected chi connectivity index (χ1v) is 10.0. The van der Waals surface area contributed by atoms with Crippen LogP contribution in [0.2, 0.25) is 0 Å². The molecule has 138 valence electrons. The number of anilines is 3. The zero-order valence-corrected chi connectivity index (χ0v) is 16.0. The predicted molar refractivity (Wildman–Crippen MR) is 115 cm³/mol. The number of aromatic nitrogens is 3. The molecule has 6 heteroatoms. The van der Waals surface area contributed by atoms with E-state index in [4.69, 9.17) is 4.74 Å². The standard InChI is InChI=1S/C23H14N4OS/c1-3-7-19-17(5-1)27(18-6-2-4-8-20(18)28-19)16-11-9-15(10-12-16)22-26-21-23(29-22)25-14-13-24-21/h1-14H. The molecule has 0 saturated heterocycles. The van der Waals surface area contributed by atoms with Gasteiger partial charge in [0.15, 0.2) is 22.0 Å². The van der Waals surface area contributed by atoms with Crippen LogP contribution in [0, 0.1) is 0 Å². The van der Waals surface area contributed by atoms with Gasteiger partial charge in [-0.2, -0.15) is 0 Å². The van der Waals surface area contributed by atoms with Gasteiger partial charge in [-0.25, -0.2) is 15.0 Å². The van der Waals surface area contributed by atoms with Gasteiger partial charge in [-0.15, -0.1) is 0 Å². The first kappa shape index (κ1) is 16.2. The Bertz CT molecular complexity index is 1270. The van der Waals surface area contributed by atoms with E-state index < -0.39 is 0 Å². The first-order chi connectivity index (χ1) is 14.4. The highest BCUT2D eigenvalue weighted by Gasteiger charge is 2.25. The zero-order valence-electron chi connectivity index (χ0n) is 15.2. The van der Waals surface area contributed by atoms with E-state index in [-0.39, 0.29) is 0 Å². The van der Waals surface area contributed by atoms with Crippen molar-refractivity contribution in [2.75, 3.05) is 4.90 Å². The van der Waals surface area contributed by atoms with E-state index in [1.165, 1.54) is 0 Å². The van der Waals surface area contributed by atoms with Gasteiger partial charge in [0, 0.05) is 23.6 Å². The van der Waals surface area contributed by atoms with Crippen molar-refractivity contribution < 1.29 is 4.74 Å². The highest BCUT2D eigenvalue weighted by molar-refractivity contribution is 7.21. The van der Waals surface area contributed by atoms with Crippen molar-refractivity contribution in [3.8, 4) is 22.1 Å². The van der Waals surface area contributed by atoms with E-state index in [0.717, 1.165) is 44.0 Å². The number of para-hydroxylation sites is 4. The minimum atomic E-state index is 0.688. The SMILES string of the molecule is c1ccc2c(c1)Oc1ccccc1N2c1ccc(-c2nc3nccnc3s2)cc1. The number of thiazole rings is 1. The molecule has 3 heterocycles. The van der Waals surface area contributed by atoms with E-state index in [0.29, 0.717) is 5.65 Å². The molecule has 0 spiro atoms. The quantitative estimate of drug-likeness (QED) is 0.343. The fourth-order valence-corrected chi connectivity index (χ4v) is 4.41. The van der Waals surface area contributed by atoms with E-state index in [1.807, 2.05) is 36.4 Å². The lowest BCUT2D eigenvalue weighted by Gasteiger charge is -2.32. The second-order valence-electron chi connectivity index (χ2n) is 6.62. The highest BCUT2D eigenvalue weighted by Crippen LogP contribution is 2.50. The molecule has 0 amide bonds. The first-order valence-electron chi connectivity index (χ1n) is 9.21. The van der Waals surface area contributed by atoms with Crippen molar-refractivity contribution in [3.05, 3.63) is 85.2 Å². The number of rotatable bonds is 2. The molecule has 0 radical (unpaired) electrons. The summed E-state index contributed by atoms with van der Waals surface area (Å²) in [6.07, 6.45) is 3.36. The summed E-state index contributed by atoms with van der Waals surface area (Å²) >= 11 is 1.55. The van der Waals surface area contributed by atoms with Gasteiger partial charge in [0.2, 0.25) is 0 Å². The number of ether oxygens (including phenoxy) is 1. The Labute approximate surface area is 170 Å². The van der Waals surface area contributed by atoms with Crippen LogP contribution in [0.4, 0.5) is 17.1 Å². The lowest BCUT2D eigenvalue weighted by Crippen LogP contribution is -2.15. The van der Waals surface area contributed by atoms with Crippen molar-refractivity contribution in [2.45, 2.75) is 0 Å². The van der Waals surface area contributed by atoms with E-state index in [2.05, 4.69) is 56.3 Å². The van der Waals surface area contributed by atoms with Crippen LogP contribution >= 0.6 is 11.3 Å².